The number of hydrogen-bond acceptors (Lipinski definition) is 2. The molecule has 19 heavy (non-hydrogen) atoms. The van der Waals surface area contributed by atoms with Crippen LogP contribution >= 0.6 is 0 Å². The van der Waals surface area contributed by atoms with E-state index in [9.17, 15) is 0 Å². The highest BCUT2D eigenvalue weighted by molar-refractivity contribution is 4.69. The summed E-state index contributed by atoms with van der Waals surface area (Å²) in [4.78, 5) is 0. The lowest BCUT2D eigenvalue weighted by Crippen LogP contribution is -2.33. The van der Waals surface area contributed by atoms with Crippen LogP contribution in [0.3, 0.4) is 0 Å². The second-order valence-electron chi connectivity index (χ2n) is 5.65. The summed E-state index contributed by atoms with van der Waals surface area (Å²) in [5, 5.41) is 0. The molecule has 0 amide bonds. The number of unbranched alkanes of at least 4 members (excludes halogenated alkanes) is 8. The molecule has 0 aliphatic rings. The molecule has 0 atom stereocenters. The number of rotatable bonds is 14. The Kier molecular flexibility index (Phi) is 12.9. The second kappa shape index (κ2) is 12.9. The van der Waals surface area contributed by atoms with Gasteiger partial charge in [0.25, 0.3) is 0 Å². The second-order valence-corrected chi connectivity index (χ2v) is 5.65. The van der Waals surface area contributed by atoms with Gasteiger partial charge in [-0.3, -0.25) is 0 Å². The van der Waals surface area contributed by atoms with Gasteiger partial charge in [0.15, 0.2) is 5.79 Å². The van der Waals surface area contributed by atoms with E-state index in [0.29, 0.717) is 0 Å². The van der Waals surface area contributed by atoms with Crippen molar-refractivity contribution >= 4 is 0 Å². The van der Waals surface area contributed by atoms with E-state index < -0.39 is 0 Å². The van der Waals surface area contributed by atoms with E-state index in [2.05, 4.69) is 13.8 Å². The fourth-order valence-electron chi connectivity index (χ4n) is 2.61. The lowest BCUT2D eigenvalue weighted by atomic mass is 9.99. The molecule has 0 fully saturated rings. The third-order valence-electron chi connectivity index (χ3n) is 4.07. The van der Waals surface area contributed by atoms with Crippen LogP contribution in [0.5, 0.6) is 0 Å². The summed E-state index contributed by atoms with van der Waals surface area (Å²) in [6.07, 6.45) is 15.2. The van der Waals surface area contributed by atoms with Gasteiger partial charge in [-0.15, -0.1) is 0 Å². The van der Waals surface area contributed by atoms with Gasteiger partial charge in [-0.05, 0) is 12.8 Å². The Balaban J connectivity index is 3.74. The Hall–Kier alpha value is -0.0800. The van der Waals surface area contributed by atoms with Gasteiger partial charge in [0, 0.05) is 27.1 Å². The fraction of sp³-hybridized carbons (Fsp3) is 1.00. The van der Waals surface area contributed by atoms with Crippen LogP contribution in [0.25, 0.3) is 0 Å². The minimum Gasteiger partial charge on any atom is -0.353 e. The minimum atomic E-state index is -0.321. The Morgan fingerprint density at radius 2 is 0.947 bits per heavy atom. The smallest absolute Gasteiger partial charge is 0.167 e. The monoisotopic (exact) mass is 272 g/mol. The van der Waals surface area contributed by atoms with Gasteiger partial charge in [0.05, 0.1) is 0 Å². The number of hydrogen-bond donors (Lipinski definition) is 0. The highest BCUT2D eigenvalue weighted by Gasteiger charge is 2.27. The maximum absolute atomic E-state index is 5.66. The van der Waals surface area contributed by atoms with E-state index in [1.807, 2.05) is 0 Å². The molecule has 0 rings (SSSR count). The third kappa shape index (κ3) is 9.45. The molecule has 2 heteroatoms. The molecule has 0 spiro atoms. The van der Waals surface area contributed by atoms with Gasteiger partial charge in [0.1, 0.15) is 0 Å². The van der Waals surface area contributed by atoms with Gasteiger partial charge in [-0.2, -0.15) is 0 Å². The van der Waals surface area contributed by atoms with E-state index in [0.717, 1.165) is 12.8 Å². The van der Waals surface area contributed by atoms with Crippen molar-refractivity contribution in [1.29, 1.82) is 0 Å². The van der Waals surface area contributed by atoms with E-state index in [4.69, 9.17) is 9.47 Å². The molecule has 0 aromatic rings. The first-order chi connectivity index (χ1) is 9.24. The van der Waals surface area contributed by atoms with E-state index >= 15 is 0 Å². The SMILES string of the molecule is CCCCCCCCCC(CCCCC)(OC)OC. The first kappa shape index (κ1) is 18.9. The molecule has 0 aliphatic carbocycles. The minimum absolute atomic E-state index is 0.321. The fourth-order valence-corrected chi connectivity index (χ4v) is 2.61. The van der Waals surface area contributed by atoms with E-state index in [1.165, 1.54) is 64.2 Å². The predicted molar refractivity (Wildman–Crippen MR) is 83.5 cm³/mol. The molecular formula is C17H36O2. The molecule has 0 heterocycles. The Morgan fingerprint density at radius 1 is 0.579 bits per heavy atom. The van der Waals surface area contributed by atoms with Gasteiger partial charge < -0.3 is 9.47 Å². The molecule has 0 bridgehead atoms. The normalized spacial score (nSPS) is 12.0. The molecule has 0 saturated heterocycles. The van der Waals surface area contributed by atoms with Gasteiger partial charge in [0.2, 0.25) is 0 Å². The average Bonchev–Trinajstić information content (AvgIpc) is 2.45. The molecule has 0 radical (unpaired) electrons. The summed E-state index contributed by atoms with van der Waals surface area (Å²) < 4.78 is 11.3. The maximum atomic E-state index is 5.66. The number of methoxy groups -OCH3 is 2. The Labute approximate surface area is 121 Å². The molecular weight excluding hydrogens is 236 g/mol. The van der Waals surface area contributed by atoms with Crippen molar-refractivity contribution in [2.75, 3.05) is 14.2 Å². The first-order valence-electron chi connectivity index (χ1n) is 8.35. The van der Waals surface area contributed by atoms with E-state index in [1.54, 1.807) is 14.2 Å². The van der Waals surface area contributed by atoms with Gasteiger partial charge in [-0.25, -0.2) is 0 Å². The Morgan fingerprint density at radius 3 is 1.42 bits per heavy atom. The summed E-state index contributed by atoms with van der Waals surface area (Å²) >= 11 is 0. The van der Waals surface area contributed by atoms with Crippen molar-refractivity contribution in [3.63, 3.8) is 0 Å². The zero-order chi connectivity index (χ0) is 14.4. The molecule has 0 aliphatic heterocycles. The van der Waals surface area contributed by atoms with Crippen molar-refractivity contribution in [3.05, 3.63) is 0 Å². The van der Waals surface area contributed by atoms with Gasteiger partial charge in [-0.1, -0.05) is 65.2 Å². The quantitative estimate of drug-likeness (QED) is 0.298. The molecule has 0 aromatic carbocycles. The van der Waals surface area contributed by atoms with E-state index in [-0.39, 0.29) is 5.79 Å². The van der Waals surface area contributed by atoms with Crippen LogP contribution in [-0.2, 0) is 9.47 Å². The van der Waals surface area contributed by atoms with Crippen LogP contribution in [0.2, 0.25) is 0 Å². The lowest BCUT2D eigenvalue weighted by molar-refractivity contribution is -0.216. The highest BCUT2D eigenvalue weighted by atomic mass is 16.7. The molecule has 0 saturated carbocycles. The van der Waals surface area contributed by atoms with Crippen molar-refractivity contribution < 1.29 is 9.47 Å². The topological polar surface area (TPSA) is 18.5 Å². The van der Waals surface area contributed by atoms with Gasteiger partial charge >= 0.3 is 0 Å². The molecule has 0 unspecified atom stereocenters. The lowest BCUT2D eigenvalue weighted by Gasteiger charge is -2.31. The number of ether oxygens (including phenoxy) is 2. The Bertz CT molecular complexity index is 176. The van der Waals surface area contributed by atoms with Crippen molar-refractivity contribution in [3.8, 4) is 0 Å². The maximum Gasteiger partial charge on any atom is 0.167 e. The van der Waals surface area contributed by atoms with Crippen LogP contribution < -0.4 is 0 Å². The van der Waals surface area contributed by atoms with Crippen LogP contribution in [0.15, 0.2) is 0 Å². The molecule has 0 aromatic heterocycles. The van der Waals surface area contributed by atoms with Crippen molar-refractivity contribution in [1.82, 2.24) is 0 Å². The largest absolute Gasteiger partial charge is 0.353 e. The predicted octanol–water partition coefficient (Wildman–Crippen LogP) is 5.70. The summed E-state index contributed by atoms with van der Waals surface area (Å²) in [5.74, 6) is -0.321. The average molecular weight is 272 g/mol. The van der Waals surface area contributed by atoms with Crippen molar-refractivity contribution in [2.45, 2.75) is 96.7 Å². The zero-order valence-electron chi connectivity index (χ0n) is 13.8. The first-order valence-corrected chi connectivity index (χ1v) is 8.35. The van der Waals surface area contributed by atoms with Crippen LogP contribution in [-0.4, -0.2) is 20.0 Å². The summed E-state index contributed by atoms with van der Waals surface area (Å²) in [6.45, 7) is 4.50. The molecule has 116 valence electrons. The van der Waals surface area contributed by atoms with Crippen LogP contribution in [0, 0.1) is 0 Å². The zero-order valence-corrected chi connectivity index (χ0v) is 13.8. The summed E-state index contributed by atoms with van der Waals surface area (Å²) in [6, 6.07) is 0. The molecule has 0 N–H and O–H groups in total. The summed E-state index contributed by atoms with van der Waals surface area (Å²) in [5.41, 5.74) is 0. The molecule has 2 nitrogen and oxygen atoms in total. The standard InChI is InChI=1S/C17H36O2/c1-5-7-9-10-11-12-14-16-17(18-3,19-4)15-13-8-6-2/h5-16H2,1-4H3. The van der Waals surface area contributed by atoms with Crippen LogP contribution in [0.1, 0.15) is 90.9 Å². The third-order valence-corrected chi connectivity index (χ3v) is 4.07. The summed E-state index contributed by atoms with van der Waals surface area (Å²) in [7, 11) is 3.58. The highest BCUT2D eigenvalue weighted by Crippen LogP contribution is 2.27. The van der Waals surface area contributed by atoms with Crippen molar-refractivity contribution in [2.24, 2.45) is 0 Å². The van der Waals surface area contributed by atoms with Crippen LogP contribution in [0.4, 0.5) is 0 Å².